The smallest absolute Gasteiger partial charge is 0.121 e. The number of rotatable bonds is 11. The van der Waals surface area contributed by atoms with Crippen molar-refractivity contribution in [2.24, 2.45) is 0 Å². The van der Waals surface area contributed by atoms with Crippen LogP contribution in [0.25, 0.3) is 0 Å². The Bertz CT molecular complexity index is 766. The molecule has 2 aromatic rings. The fourth-order valence-corrected chi connectivity index (χ4v) is 2.78. The Kier molecular flexibility index (Phi) is 9.49. The van der Waals surface area contributed by atoms with E-state index in [9.17, 15) is 15.3 Å². The summed E-state index contributed by atoms with van der Waals surface area (Å²) in [7, 11) is 1.58. The summed E-state index contributed by atoms with van der Waals surface area (Å²) in [5, 5.41) is 30.2. The molecule has 0 bridgehead atoms. The fraction of sp³-hybridized carbons (Fsp3) is 0.348. The largest absolute Gasteiger partial charge is 0.508 e. The number of phenols is 1. The number of hydrogen-bond donors (Lipinski definition) is 3. The Morgan fingerprint density at radius 3 is 2.50 bits per heavy atom. The van der Waals surface area contributed by atoms with Gasteiger partial charge in [-0.05, 0) is 23.3 Å². The van der Waals surface area contributed by atoms with Gasteiger partial charge in [-0.2, -0.15) is 0 Å². The zero-order valence-electron chi connectivity index (χ0n) is 16.1. The quantitative estimate of drug-likeness (QED) is 0.517. The molecule has 0 aliphatic rings. The lowest BCUT2D eigenvalue weighted by Crippen LogP contribution is -2.17. The molecule has 0 radical (unpaired) electrons. The number of aliphatic hydroxyl groups excluding tert-OH is 2. The van der Waals surface area contributed by atoms with E-state index in [1.807, 2.05) is 30.3 Å². The highest BCUT2D eigenvalue weighted by atomic mass is 16.5. The van der Waals surface area contributed by atoms with E-state index in [2.05, 4.69) is 5.73 Å². The van der Waals surface area contributed by atoms with Crippen LogP contribution in [0.5, 0.6) is 5.75 Å². The average Bonchev–Trinajstić information content (AvgIpc) is 2.69. The van der Waals surface area contributed by atoms with Gasteiger partial charge in [0.05, 0.1) is 32.0 Å². The van der Waals surface area contributed by atoms with Gasteiger partial charge < -0.3 is 24.8 Å². The first-order chi connectivity index (χ1) is 13.6. The Morgan fingerprint density at radius 2 is 1.79 bits per heavy atom. The molecule has 0 aliphatic carbocycles. The SMILES string of the molecule is COCC(=C=CC[C@@H](O)c1ccccc1O)C[C@@H](O)COCc1ccccc1. The summed E-state index contributed by atoms with van der Waals surface area (Å²) in [4.78, 5) is 0. The summed E-state index contributed by atoms with van der Waals surface area (Å²) in [6.45, 7) is 0.993. The lowest BCUT2D eigenvalue weighted by molar-refractivity contribution is 0.0273. The maximum absolute atomic E-state index is 10.2. The van der Waals surface area contributed by atoms with Gasteiger partial charge in [0.15, 0.2) is 0 Å². The number of methoxy groups -OCH3 is 1. The zero-order chi connectivity index (χ0) is 20.2. The van der Waals surface area contributed by atoms with Crippen molar-refractivity contribution < 1.29 is 24.8 Å². The minimum absolute atomic E-state index is 0.0653. The monoisotopic (exact) mass is 384 g/mol. The molecule has 0 spiro atoms. The lowest BCUT2D eigenvalue weighted by atomic mass is 10.0. The number of hydrogen-bond acceptors (Lipinski definition) is 5. The molecule has 0 saturated carbocycles. The van der Waals surface area contributed by atoms with Crippen LogP contribution >= 0.6 is 0 Å². The maximum Gasteiger partial charge on any atom is 0.121 e. The summed E-state index contributed by atoms with van der Waals surface area (Å²) in [6.07, 6.45) is 0.870. The van der Waals surface area contributed by atoms with Crippen LogP contribution in [0.3, 0.4) is 0 Å². The molecule has 5 nitrogen and oxygen atoms in total. The Hall–Kier alpha value is -2.40. The average molecular weight is 384 g/mol. The molecule has 150 valence electrons. The summed E-state index contributed by atoms with van der Waals surface area (Å²) < 4.78 is 10.7. The third kappa shape index (κ3) is 7.69. The Balaban J connectivity index is 1.86. The summed E-state index contributed by atoms with van der Waals surface area (Å²) in [5.41, 5.74) is 5.40. The second kappa shape index (κ2) is 12.1. The highest BCUT2D eigenvalue weighted by Crippen LogP contribution is 2.25. The van der Waals surface area contributed by atoms with Crippen molar-refractivity contribution >= 4 is 0 Å². The van der Waals surface area contributed by atoms with E-state index in [0.29, 0.717) is 31.6 Å². The third-order valence-electron chi connectivity index (χ3n) is 4.17. The standard InChI is InChI=1S/C23H28O5/c1-27-15-19(10-7-13-23(26)21-11-5-6-12-22(21)25)14-20(24)17-28-16-18-8-3-2-4-9-18/h2-9,11-12,20,23-26H,13-17H2,1H3/t10?,20-,23-/m1/s1. The molecule has 0 fully saturated rings. The molecule has 0 amide bonds. The maximum atomic E-state index is 10.2. The summed E-state index contributed by atoms with van der Waals surface area (Å²) in [6, 6.07) is 16.5. The van der Waals surface area contributed by atoms with E-state index in [4.69, 9.17) is 9.47 Å². The van der Waals surface area contributed by atoms with Gasteiger partial charge in [-0.15, -0.1) is 5.73 Å². The van der Waals surface area contributed by atoms with Gasteiger partial charge in [0.2, 0.25) is 0 Å². The van der Waals surface area contributed by atoms with Crippen molar-refractivity contribution in [2.75, 3.05) is 20.3 Å². The molecule has 2 aromatic carbocycles. The van der Waals surface area contributed by atoms with Crippen LogP contribution in [-0.4, -0.2) is 41.7 Å². The molecule has 0 saturated heterocycles. The molecule has 5 heteroatoms. The van der Waals surface area contributed by atoms with Crippen molar-refractivity contribution in [3.8, 4) is 5.75 Å². The van der Waals surface area contributed by atoms with Crippen LogP contribution < -0.4 is 0 Å². The highest BCUT2D eigenvalue weighted by molar-refractivity contribution is 5.33. The van der Waals surface area contributed by atoms with Crippen molar-refractivity contribution in [3.05, 3.63) is 83.1 Å². The Morgan fingerprint density at radius 1 is 1.07 bits per heavy atom. The van der Waals surface area contributed by atoms with Crippen LogP contribution in [0.1, 0.15) is 30.1 Å². The van der Waals surface area contributed by atoms with Gasteiger partial charge >= 0.3 is 0 Å². The van der Waals surface area contributed by atoms with Crippen LogP contribution in [-0.2, 0) is 16.1 Å². The van der Waals surface area contributed by atoms with Crippen LogP contribution in [0.2, 0.25) is 0 Å². The Labute approximate surface area is 166 Å². The first kappa shape index (κ1) is 21.9. The topological polar surface area (TPSA) is 79.2 Å². The number of aromatic hydroxyl groups is 1. The molecular weight excluding hydrogens is 356 g/mol. The first-order valence-electron chi connectivity index (χ1n) is 9.27. The van der Waals surface area contributed by atoms with Crippen molar-refractivity contribution in [1.82, 2.24) is 0 Å². The number of ether oxygens (including phenoxy) is 2. The van der Waals surface area contributed by atoms with Gasteiger partial charge in [-0.3, -0.25) is 0 Å². The molecule has 0 unspecified atom stereocenters. The molecule has 0 aromatic heterocycles. The second-order valence-corrected chi connectivity index (χ2v) is 6.55. The highest BCUT2D eigenvalue weighted by Gasteiger charge is 2.11. The van der Waals surface area contributed by atoms with Crippen LogP contribution in [0.4, 0.5) is 0 Å². The van der Waals surface area contributed by atoms with Gasteiger partial charge in [-0.25, -0.2) is 0 Å². The third-order valence-corrected chi connectivity index (χ3v) is 4.17. The first-order valence-corrected chi connectivity index (χ1v) is 9.27. The van der Waals surface area contributed by atoms with Gasteiger partial charge in [-0.1, -0.05) is 48.5 Å². The van der Waals surface area contributed by atoms with E-state index in [1.54, 1.807) is 37.5 Å². The molecule has 0 heterocycles. The van der Waals surface area contributed by atoms with Crippen LogP contribution in [0, 0.1) is 0 Å². The number of benzene rings is 2. The van der Waals surface area contributed by atoms with Gasteiger partial charge in [0.25, 0.3) is 0 Å². The van der Waals surface area contributed by atoms with Crippen molar-refractivity contribution in [2.45, 2.75) is 31.7 Å². The predicted molar refractivity (Wildman–Crippen MR) is 108 cm³/mol. The van der Waals surface area contributed by atoms with E-state index < -0.39 is 12.2 Å². The number of aliphatic hydroxyl groups is 2. The molecule has 0 aliphatic heterocycles. The number of para-hydroxylation sites is 1. The minimum atomic E-state index is -0.823. The van der Waals surface area contributed by atoms with Crippen molar-refractivity contribution in [1.29, 1.82) is 0 Å². The van der Waals surface area contributed by atoms with E-state index in [-0.39, 0.29) is 12.4 Å². The van der Waals surface area contributed by atoms with Crippen molar-refractivity contribution in [3.63, 3.8) is 0 Å². The lowest BCUT2D eigenvalue weighted by Gasteiger charge is -2.13. The van der Waals surface area contributed by atoms with Gasteiger partial charge in [0.1, 0.15) is 5.75 Å². The van der Waals surface area contributed by atoms with E-state index in [1.165, 1.54) is 0 Å². The normalized spacial score (nSPS) is 12.8. The molecule has 28 heavy (non-hydrogen) atoms. The fourth-order valence-electron chi connectivity index (χ4n) is 2.78. The molecule has 2 rings (SSSR count). The zero-order valence-corrected chi connectivity index (χ0v) is 16.1. The summed E-state index contributed by atoms with van der Waals surface area (Å²) in [5.74, 6) is 0.0653. The minimum Gasteiger partial charge on any atom is -0.508 e. The van der Waals surface area contributed by atoms with Crippen LogP contribution in [0.15, 0.2) is 72.0 Å². The molecule has 3 N–H and O–H groups in total. The van der Waals surface area contributed by atoms with Gasteiger partial charge in [0, 0.05) is 25.5 Å². The van der Waals surface area contributed by atoms with E-state index >= 15 is 0 Å². The van der Waals surface area contributed by atoms with E-state index in [0.717, 1.165) is 11.1 Å². The number of phenolic OH excluding ortho intramolecular Hbond substituents is 1. The molecule has 2 atom stereocenters. The molecular formula is C23H28O5. The summed E-state index contributed by atoms with van der Waals surface area (Å²) >= 11 is 0. The predicted octanol–water partition coefficient (Wildman–Crippen LogP) is 3.51. The second-order valence-electron chi connectivity index (χ2n) is 6.55.